The lowest BCUT2D eigenvalue weighted by Gasteiger charge is -2.27. The lowest BCUT2D eigenvalue weighted by molar-refractivity contribution is 0.627. The van der Waals surface area contributed by atoms with Gasteiger partial charge in [0.15, 0.2) is 0 Å². The van der Waals surface area contributed by atoms with E-state index in [-0.39, 0.29) is 11.5 Å². The molecule has 3 heterocycles. The first kappa shape index (κ1) is 20.1. The summed E-state index contributed by atoms with van der Waals surface area (Å²) < 4.78 is 14.8. The largest absolute Gasteiger partial charge is 0.352 e. The SMILES string of the molecule is Cc1nc(N2CC=C(c3ccc(F)cc3)CC2)nc(=O)n1Cc1cc2c(s1)CCCC2. The molecule has 0 saturated heterocycles. The number of aryl methyl sites for hydroxylation is 3. The summed E-state index contributed by atoms with van der Waals surface area (Å²) in [6.07, 6.45) is 7.74. The maximum absolute atomic E-state index is 13.2. The summed E-state index contributed by atoms with van der Waals surface area (Å²) in [5.41, 5.74) is 3.42. The van der Waals surface area contributed by atoms with Gasteiger partial charge in [-0.2, -0.15) is 9.97 Å². The Hall–Kier alpha value is -2.80. The van der Waals surface area contributed by atoms with Gasteiger partial charge in [-0.1, -0.05) is 18.2 Å². The number of anilines is 1. The minimum Gasteiger partial charge on any atom is -0.337 e. The third kappa shape index (κ3) is 4.19. The summed E-state index contributed by atoms with van der Waals surface area (Å²) in [5.74, 6) is 0.947. The molecule has 0 amide bonds. The minimum atomic E-state index is -0.248. The van der Waals surface area contributed by atoms with Crippen molar-refractivity contribution >= 4 is 22.9 Å². The van der Waals surface area contributed by atoms with Crippen LogP contribution in [0.15, 0.2) is 41.2 Å². The van der Waals surface area contributed by atoms with Gasteiger partial charge in [-0.15, -0.1) is 11.3 Å². The second kappa shape index (κ2) is 8.38. The van der Waals surface area contributed by atoms with E-state index < -0.39 is 0 Å². The first-order chi connectivity index (χ1) is 15.1. The van der Waals surface area contributed by atoms with Crippen LogP contribution in [0.1, 0.15) is 46.0 Å². The topological polar surface area (TPSA) is 51.0 Å². The lowest BCUT2D eigenvalue weighted by atomic mass is 9.99. The Morgan fingerprint density at radius 2 is 1.90 bits per heavy atom. The molecule has 0 fully saturated rings. The summed E-state index contributed by atoms with van der Waals surface area (Å²) in [5, 5.41) is 0. The summed E-state index contributed by atoms with van der Waals surface area (Å²) in [6.45, 7) is 3.78. The van der Waals surface area contributed by atoms with Crippen molar-refractivity contribution in [3.8, 4) is 0 Å². The molecule has 2 aromatic heterocycles. The molecule has 7 heteroatoms. The Bertz CT molecular complexity index is 1170. The van der Waals surface area contributed by atoms with Crippen molar-refractivity contribution in [2.24, 2.45) is 0 Å². The van der Waals surface area contributed by atoms with Crippen molar-refractivity contribution in [1.82, 2.24) is 14.5 Å². The van der Waals surface area contributed by atoms with E-state index in [0.717, 1.165) is 31.4 Å². The average Bonchev–Trinajstić information content (AvgIpc) is 3.19. The van der Waals surface area contributed by atoms with E-state index in [4.69, 9.17) is 0 Å². The molecule has 5 rings (SSSR count). The highest BCUT2D eigenvalue weighted by atomic mass is 32.1. The fraction of sp³-hybridized carbons (Fsp3) is 0.375. The van der Waals surface area contributed by atoms with Gasteiger partial charge >= 0.3 is 5.69 Å². The van der Waals surface area contributed by atoms with E-state index in [9.17, 15) is 9.18 Å². The number of hydrogen-bond donors (Lipinski definition) is 0. The molecule has 2 aliphatic rings. The van der Waals surface area contributed by atoms with Crippen LogP contribution in [0, 0.1) is 12.7 Å². The minimum absolute atomic E-state index is 0.228. The molecule has 0 atom stereocenters. The highest BCUT2D eigenvalue weighted by Crippen LogP contribution is 2.30. The van der Waals surface area contributed by atoms with Crippen LogP contribution in [0.4, 0.5) is 10.3 Å². The van der Waals surface area contributed by atoms with Crippen molar-refractivity contribution in [3.63, 3.8) is 0 Å². The lowest BCUT2D eigenvalue weighted by Crippen LogP contribution is -2.35. The van der Waals surface area contributed by atoms with Crippen LogP contribution in [0.5, 0.6) is 0 Å². The van der Waals surface area contributed by atoms with Crippen molar-refractivity contribution in [1.29, 1.82) is 0 Å². The highest BCUT2D eigenvalue weighted by molar-refractivity contribution is 7.12. The number of halogens is 1. The summed E-state index contributed by atoms with van der Waals surface area (Å²) in [7, 11) is 0. The van der Waals surface area contributed by atoms with E-state index in [0.29, 0.717) is 24.9 Å². The fourth-order valence-electron chi connectivity index (χ4n) is 4.40. The molecular weight excluding hydrogens is 411 g/mol. The fourth-order valence-corrected chi connectivity index (χ4v) is 5.65. The van der Waals surface area contributed by atoms with Crippen LogP contribution in [-0.2, 0) is 19.4 Å². The van der Waals surface area contributed by atoms with E-state index in [1.807, 2.05) is 23.2 Å². The van der Waals surface area contributed by atoms with Gasteiger partial charge in [0.2, 0.25) is 5.95 Å². The van der Waals surface area contributed by atoms with Crippen LogP contribution in [0.3, 0.4) is 0 Å². The third-order valence-electron chi connectivity index (χ3n) is 6.15. The maximum atomic E-state index is 13.2. The average molecular weight is 437 g/mol. The monoisotopic (exact) mass is 436 g/mol. The van der Waals surface area contributed by atoms with Gasteiger partial charge in [0, 0.05) is 22.8 Å². The Balaban J connectivity index is 1.33. The standard InChI is InChI=1S/C24H25FN4OS/c1-16-26-23(28-12-10-18(11-13-28)17-6-8-20(25)9-7-17)27-24(30)29(16)15-21-14-19-4-2-3-5-22(19)31-21/h6-10,14H,2-5,11-13,15H2,1H3. The van der Waals surface area contributed by atoms with Crippen molar-refractivity contribution < 1.29 is 4.39 Å². The summed E-state index contributed by atoms with van der Waals surface area (Å²) in [6, 6.07) is 8.84. The van der Waals surface area contributed by atoms with Gasteiger partial charge in [-0.3, -0.25) is 4.57 Å². The molecule has 0 N–H and O–H groups in total. The van der Waals surface area contributed by atoms with Crippen molar-refractivity contribution in [2.45, 2.75) is 45.6 Å². The molecule has 1 aromatic carbocycles. The molecule has 0 spiro atoms. The summed E-state index contributed by atoms with van der Waals surface area (Å²) >= 11 is 1.82. The van der Waals surface area contributed by atoms with Crippen LogP contribution >= 0.6 is 11.3 Å². The van der Waals surface area contributed by atoms with Gasteiger partial charge < -0.3 is 4.90 Å². The van der Waals surface area contributed by atoms with Gasteiger partial charge in [-0.25, -0.2) is 9.18 Å². The molecular formula is C24H25FN4OS. The zero-order valence-electron chi connectivity index (χ0n) is 17.6. The molecule has 0 radical (unpaired) electrons. The molecule has 3 aromatic rings. The van der Waals surface area contributed by atoms with E-state index in [2.05, 4.69) is 22.1 Å². The van der Waals surface area contributed by atoms with Gasteiger partial charge in [0.25, 0.3) is 0 Å². The molecule has 31 heavy (non-hydrogen) atoms. The first-order valence-corrected chi connectivity index (χ1v) is 11.6. The van der Waals surface area contributed by atoms with Crippen LogP contribution in [0.2, 0.25) is 0 Å². The Kier molecular flexibility index (Phi) is 5.44. The maximum Gasteiger partial charge on any atom is 0.352 e. The number of nitrogens with zero attached hydrogens (tertiary/aromatic N) is 4. The smallest absolute Gasteiger partial charge is 0.337 e. The zero-order chi connectivity index (χ0) is 21.4. The van der Waals surface area contributed by atoms with E-state index in [1.54, 1.807) is 16.7 Å². The number of aromatic nitrogens is 3. The van der Waals surface area contributed by atoms with Crippen LogP contribution in [-0.4, -0.2) is 27.6 Å². The molecule has 160 valence electrons. The van der Waals surface area contributed by atoms with Gasteiger partial charge in [0.1, 0.15) is 11.6 Å². The van der Waals surface area contributed by atoms with Crippen LogP contribution in [0.25, 0.3) is 5.57 Å². The molecule has 1 aliphatic carbocycles. The quantitative estimate of drug-likeness (QED) is 0.610. The molecule has 0 unspecified atom stereocenters. The van der Waals surface area contributed by atoms with Crippen molar-refractivity contribution in [3.05, 3.63) is 79.4 Å². The predicted octanol–water partition coefficient (Wildman–Crippen LogP) is 4.37. The number of hydrogen-bond acceptors (Lipinski definition) is 5. The molecule has 0 saturated carbocycles. The Morgan fingerprint density at radius 3 is 2.61 bits per heavy atom. The second-order valence-electron chi connectivity index (χ2n) is 8.24. The van der Waals surface area contributed by atoms with E-state index in [1.165, 1.54) is 45.9 Å². The second-order valence-corrected chi connectivity index (χ2v) is 9.46. The molecule has 0 bridgehead atoms. The highest BCUT2D eigenvalue weighted by Gasteiger charge is 2.19. The Morgan fingerprint density at radius 1 is 1.10 bits per heavy atom. The first-order valence-electron chi connectivity index (χ1n) is 10.8. The number of fused-ring (bicyclic) bond motifs is 1. The Labute approximate surface area is 184 Å². The van der Waals surface area contributed by atoms with Crippen molar-refractivity contribution in [2.75, 3.05) is 18.0 Å². The van der Waals surface area contributed by atoms with E-state index >= 15 is 0 Å². The normalized spacial score (nSPS) is 16.2. The summed E-state index contributed by atoms with van der Waals surface area (Å²) in [4.78, 5) is 26.5. The third-order valence-corrected chi connectivity index (χ3v) is 7.37. The molecule has 1 aliphatic heterocycles. The predicted molar refractivity (Wildman–Crippen MR) is 122 cm³/mol. The van der Waals surface area contributed by atoms with Crippen LogP contribution < -0.4 is 10.6 Å². The number of rotatable bonds is 4. The zero-order valence-corrected chi connectivity index (χ0v) is 18.4. The number of thiophene rings is 1. The van der Waals surface area contributed by atoms with Gasteiger partial charge in [0.05, 0.1) is 6.54 Å². The van der Waals surface area contributed by atoms with Gasteiger partial charge in [-0.05, 0) is 73.9 Å². The number of benzene rings is 1. The molecule has 5 nitrogen and oxygen atoms in total.